The largest absolute Gasteiger partial charge is 0.223 e. The van der Waals surface area contributed by atoms with E-state index in [-0.39, 0.29) is 5.25 Å². The van der Waals surface area contributed by atoms with Crippen molar-refractivity contribution in [3.63, 3.8) is 0 Å². The predicted molar refractivity (Wildman–Crippen MR) is 67.6 cm³/mol. The van der Waals surface area contributed by atoms with Crippen LogP contribution in [0.2, 0.25) is 0 Å². The first-order valence-electron chi connectivity index (χ1n) is 6.38. The fourth-order valence-electron chi connectivity index (χ4n) is 3.47. The minimum Gasteiger partial charge on any atom is -0.223 e. The molecule has 0 heterocycles. The Kier molecular flexibility index (Phi) is 2.54. The minimum absolute atomic E-state index is 0.107. The quantitative estimate of drug-likeness (QED) is 0.808. The van der Waals surface area contributed by atoms with E-state index >= 15 is 0 Å². The maximum Gasteiger partial charge on any atom is 0.181 e. The molecule has 2 fully saturated rings. The standard InChI is InChI=1S/C14H18O2S/c1-10-2-6-13(7-3-10)17(15,16)14-9-11-4-5-12(14)8-11/h2-3,6-7,11-12,14H,4-5,8-9H2,1H3/t11-,12+,14+/m1/s1. The van der Waals surface area contributed by atoms with Gasteiger partial charge < -0.3 is 0 Å². The van der Waals surface area contributed by atoms with E-state index in [4.69, 9.17) is 0 Å². The van der Waals surface area contributed by atoms with Gasteiger partial charge in [-0.05, 0) is 50.2 Å². The lowest BCUT2D eigenvalue weighted by atomic mass is 10.0. The van der Waals surface area contributed by atoms with Crippen molar-refractivity contribution in [2.45, 2.75) is 42.8 Å². The van der Waals surface area contributed by atoms with Crippen molar-refractivity contribution in [3.05, 3.63) is 29.8 Å². The van der Waals surface area contributed by atoms with E-state index in [0.717, 1.165) is 24.8 Å². The second-order valence-electron chi connectivity index (χ2n) is 5.57. The fraction of sp³-hybridized carbons (Fsp3) is 0.571. The summed E-state index contributed by atoms with van der Waals surface area (Å²) in [6, 6.07) is 7.30. The van der Waals surface area contributed by atoms with E-state index in [2.05, 4.69) is 0 Å². The summed E-state index contributed by atoms with van der Waals surface area (Å²) in [6.07, 6.45) is 4.38. The molecular formula is C14H18O2S. The molecule has 0 aromatic heterocycles. The second-order valence-corrected chi connectivity index (χ2v) is 7.74. The van der Waals surface area contributed by atoms with E-state index in [0.29, 0.717) is 16.7 Å². The average molecular weight is 250 g/mol. The molecule has 17 heavy (non-hydrogen) atoms. The molecule has 3 heteroatoms. The Balaban J connectivity index is 1.93. The third-order valence-electron chi connectivity index (χ3n) is 4.42. The molecule has 92 valence electrons. The third-order valence-corrected chi connectivity index (χ3v) is 6.73. The zero-order chi connectivity index (χ0) is 12.0. The van der Waals surface area contributed by atoms with Gasteiger partial charge in [-0.25, -0.2) is 8.42 Å². The van der Waals surface area contributed by atoms with Gasteiger partial charge in [0.15, 0.2) is 9.84 Å². The summed E-state index contributed by atoms with van der Waals surface area (Å²) in [4.78, 5) is 0.514. The van der Waals surface area contributed by atoms with Crippen LogP contribution in [0.25, 0.3) is 0 Å². The number of benzene rings is 1. The van der Waals surface area contributed by atoms with Gasteiger partial charge in [0.25, 0.3) is 0 Å². The molecule has 1 aromatic rings. The second kappa shape index (κ2) is 3.84. The van der Waals surface area contributed by atoms with Crippen LogP contribution in [0.1, 0.15) is 31.2 Å². The summed E-state index contributed by atoms with van der Waals surface area (Å²) in [7, 11) is -3.09. The lowest BCUT2D eigenvalue weighted by molar-refractivity contribution is 0.465. The van der Waals surface area contributed by atoms with Crippen molar-refractivity contribution in [2.24, 2.45) is 11.8 Å². The molecule has 2 saturated carbocycles. The zero-order valence-electron chi connectivity index (χ0n) is 10.1. The maximum absolute atomic E-state index is 12.5. The molecule has 3 rings (SSSR count). The SMILES string of the molecule is Cc1ccc(S(=O)(=O)[C@H]2C[C@@H]3CC[C@H]2C3)cc1. The zero-order valence-corrected chi connectivity index (χ0v) is 10.9. The van der Waals surface area contributed by atoms with Crippen molar-refractivity contribution in [2.75, 3.05) is 0 Å². The fourth-order valence-corrected chi connectivity index (χ4v) is 5.61. The van der Waals surface area contributed by atoms with Gasteiger partial charge >= 0.3 is 0 Å². The Morgan fingerprint density at radius 3 is 2.29 bits per heavy atom. The van der Waals surface area contributed by atoms with Gasteiger partial charge in [0, 0.05) is 0 Å². The molecule has 2 aliphatic rings. The van der Waals surface area contributed by atoms with Crippen molar-refractivity contribution in [1.29, 1.82) is 0 Å². The van der Waals surface area contributed by atoms with Gasteiger partial charge in [-0.3, -0.25) is 0 Å². The number of rotatable bonds is 2. The number of hydrogen-bond acceptors (Lipinski definition) is 2. The average Bonchev–Trinajstić information content (AvgIpc) is 2.91. The Bertz CT molecular complexity index is 516. The Labute approximate surface area is 103 Å². The topological polar surface area (TPSA) is 34.1 Å². The molecule has 0 spiro atoms. The van der Waals surface area contributed by atoms with Crippen LogP contribution in [-0.2, 0) is 9.84 Å². The van der Waals surface area contributed by atoms with Crippen LogP contribution in [0.3, 0.4) is 0 Å². The van der Waals surface area contributed by atoms with Crippen LogP contribution < -0.4 is 0 Å². The highest BCUT2D eigenvalue weighted by atomic mass is 32.2. The molecule has 0 unspecified atom stereocenters. The molecule has 3 atom stereocenters. The van der Waals surface area contributed by atoms with Gasteiger partial charge in [0.05, 0.1) is 10.1 Å². The third kappa shape index (κ3) is 1.81. The van der Waals surface area contributed by atoms with Crippen LogP contribution in [-0.4, -0.2) is 13.7 Å². The van der Waals surface area contributed by atoms with Crippen LogP contribution in [0.15, 0.2) is 29.2 Å². The highest BCUT2D eigenvalue weighted by Crippen LogP contribution is 2.48. The molecule has 0 N–H and O–H groups in total. The normalized spacial score (nSPS) is 31.9. The van der Waals surface area contributed by atoms with Gasteiger partial charge in [0.1, 0.15) is 0 Å². The molecule has 0 radical (unpaired) electrons. The van der Waals surface area contributed by atoms with Gasteiger partial charge in [-0.2, -0.15) is 0 Å². The molecular weight excluding hydrogens is 232 g/mol. The molecule has 1 aromatic carbocycles. The van der Waals surface area contributed by atoms with Crippen molar-refractivity contribution in [1.82, 2.24) is 0 Å². The molecule has 2 nitrogen and oxygen atoms in total. The molecule has 0 saturated heterocycles. The number of sulfone groups is 1. The number of aryl methyl sites for hydroxylation is 1. The highest BCUT2D eigenvalue weighted by Gasteiger charge is 2.46. The van der Waals surface area contributed by atoms with Crippen LogP contribution in [0, 0.1) is 18.8 Å². The monoisotopic (exact) mass is 250 g/mol. The lowest BCUT2D eigenvalue weighted by Crippen LogP contribution is -2.27. The summed E-state index contributed by atoms with van der Waals surface area (Å²) in [5.74, 6) is 1.09. The van der Waals surface area contributed by atoms with Crippen LogP contribution in [0.4, 0.5) is 0 Å². The lowest BCUT2D eigenvalue weighted by Gasteiger charge is -2.21. The summed E-state index contributed by atoms with van der Waals surface area (Å²) in [5.41, 5.74) is 1.11. The van der Waals surface area contributed by atoms with E-state index in [9.17, 15) is 8.42 Å². The summed E-state index contributed by atoms with van der Waals surface area (Å²) in [5, 5.41) is -0.107. The van der Waals surface area contributed by atoms with Gasteiger partial charge in [0.2, 0.25) is 0 Å². The number of hydrogen-bond donors (Lipinski definition) is 0. The Morgan fingerprint density at radius 1 is 1.06 bits per heavy atom. The van der Waals surface area contributed by atoms with E-state index in [1.165, 1.54) is 6.42 Å². The van der Waals surface area contributed by atoms with Gasteiger partial charge in [-0.15, -0.1) is 0 Å². The molecule has 2 bridgehead atoms. The Morgan fingerprint density at radius 2 is 1.76 bits per heavy atom. The Hall–Kier alpha value is -0.830. The summed E-state index contributed by atoms with van der Waals surface area (Å²) in [6.45, 7) is 1.98. The summed E-state index contributed by atoms with van der Waals surface area (Å²) < 4.78 is 25.1. The maximum atomic E-state index is 12.5. The number of fused-ring (bicyclic) bond motifs is 2. The summed E-state index contributed by atoms with van der Waals surface area (Å²) >= 11 is 0. The molecule has 0 amide bonds. The van der Waals surface area contributed by atoms with Crippen molar-refractivity contribution < 1.29 is 8.42 Å². The van der Waals surface area contributed by atoms with Crippen molar-refractivity contribution >= 4 is 9.84 Å². The van der Waals surface area contributed by atoms with E-state index in [1.807, 2.05) is 19.1 Å². The first-order valence-corrected chi connectivity index (χ1v) is 7.92. The van der Waals surface area contributed by atoms with E-state index < -0.39 is 9.84 Å². The van der Waals surface area contributed by atoms with E-state index in [1.54, 1.807) is 12.1 Å². The minimum atomic E-state index is -3.09. The smallest absolute Gasteiger partial charge is 0.181 e. The first-order chi connectivity index (χ1) is 8.07. The van der Waals surface area contributed by atoms with Gasteiger partial charge in [-0.1, -0.05) is 24.1 Å². The molecule has 2 aliphatic carbocycles. The van der Waals surface area contributed by atoms with Crippen LogP contribution >= 0.6 is 0 Å². The highest BCUT2D eigenvalue weighted by molar-refractivity contribution is 7.92. The first kappa shape index (κ1) is 11.3. The predicted octanol–water partition coefficient (Wildman–Crippen LogP) is 2.96. The van der Waals surface area contributed by atoms with Crippen molar-refractivity contribution in [3.8, 4) is 0 Å². The molecule has 0 aliphatic heterocycles. The van der Waals surface area contributed by atoms with Crippen LogP contribution in [0.5, 0.6) is 0 Å².